The Bertz CT molecular complexity index is 400. The van der Waals surface area contributed by atoms with Crippen LogP contribution in [-0.2, 0) is 0 Å². The van der Waals surface area contributed by atoms with E-state index in [0.717, 1.165) is 19.5 Å². The average molecular weight is 301 g/mol. The summed E-state index contributed by atoms with van der Waals surface area (Å²) in [4.78, 5) is 14.7. The predicted molar refractivity (Wildman–Crippen MR) is 84.4 cm³/mol. The molecule has 2 N–H and O–H groups in total. The van der Waals surface area contributed by atoms with E-state index in [9.17, 15) is 0 Å². The molecule has 1 atom stereocenters. The lowest BCUT2D eigenvalue weighted by molar-refractivity contribution is 0.355. The molecule has 1 aromatic rings. The highest BCUT2D eigenvalue weighted by atomic mass is 35.5. The molecule has 0 saturated carbocycles. The van der Waals surface area contributed by atoms with Gasteiger partial charge in [0.15, 0.2) is 0 Å². The van der Waals surface area contributed by atoms with E-state index in [1.807, 2.05) is 6.92 Å². The first-order valence-corrected chi connectivity index (χ1v) is 7.35. The molecule has 0 fully saturated rings. The van der Waals surface area contributed by atoms with Crippen LogP contribution in [0, 0.1) is 5.92 Å². The van der Waals surface area contributed by atoms with Crippen LogP contribution in [0.1, 0.15) is 27.2 Å². The molecule has 114 valence electrons. The Balaban J connectivity index is 2.80. The van der Waals surface area contributed by atoms with E-state index in [-0.39, 0.29) is 11.3 Å². The number of hydrogen-bond donors (Lipinski definition) is 2. The number of nitrogens with one attached hydrogen (secondary N) is 2. The molecule has 0 bridgehead atoms. The summed E-state index contributed by atoms with van der Waals surface area (Å²) < 4.78 is 0. The molecule has 7 heteroatoms. The third-order valence-corrected chi connectivity index (χ3v) is 2.79. The van der Waals surface area contributed by atoms with Crippen LogP contribution >= 0.6 is 11.6 Å². The van der Waals surface area contributed by atoms with Gasteiger partial charge >= 0.3 is 0 Å². The van der Waals surface area contributed by atoms with Gasteiger partial charge in [-0.15, -0.1) is 0 Å². The number of hydrogen-bond acceptors (Lipinski definition) is 6. The Morgan fingerprint density at radius 3 is 2.35 bits per heavy atom. The number of anilines is 2. The Morgan fingerprint density at radius 2 is 1.80 bits per heavy atom. The van der Waals surface area contributed by atoms with Gasteiger partial charge in [0.1, 0.15) is 0 Å². The lowest BCUT2D eigenvalue weighted by Gasteiger charge is -2.24. The zero-order chi connectivity index (χ0) is 15.1. The lowest BCUT2D eigenvalue weighted by Crippen LogP contribution is -2.34. The van der Waals surface area contributed by atoms with Gasteiger partial charge in [-0.3, -0.25) is 0 Å². The maximum absolute atomic E-state index is 5.93. The van der Waals surface area contributed by atoms with Gasteiger partial charge in [0.2, 0.25) is 17.2 Å². The Labute approximate surface area is 126 Å². The van der Waals surface area contributed by atoms with E-state index in [1.54, 1.807) is 0 Å². The molecule has 6 nitrogen and oxygen atoms in total. The summed E-state index contributed by atoms with van der Waals surface area (Å²) in [7, 11) is 4.11. The third-order valence-electron chi connectivity index (χ3n) is 2.62. The van der Waals surface area contributed by atoms with Gasteiger partial charge in [-0.2, -0.15) is 15.0 Å². The molecular weight excluding hydrogens is 276 g/mol. The van der Waals surface area contributed by atoms with Crippen molar-refractivity contribution < 1.29 is 0 Å². The average Bonchev–Trinajstić information content (AvgIpc) is 2.26. The van der Waals surface area contributed by atoms with Crippen LogP contribution < -0.4 is 10.6 Å². The van der Waals surface area contributed by atoms with Crippen molar-refractivity contribution in [2.24, 2.45) is 5.92 Å². The van der Waals surface area contributed by atoms with Gasteiger partial charge < -0.3 is 15.5 Å². The Hall–Kier alpha value is -1.14. The molecule has 1 unspecified atom stereocenters. The lowest BCUT2D eigenvalue weighted by atomic mass is 10.0. The molecule has 1 heterocycles. The summed E-state index contributed by atoms with van der Waals surface area (Å²) in [5.41, 5.74) is 0. The highest BCUT2D eigenvalue weighted by molar-refractivity contribution is 6.28. The normalized spacial score (nSPS) is 12.8. The molecule has 0 saturated heterocycles. The largest absolute Gasteiger partial charge is 0.354 e. The summed E-state index contributed by atoms with van der Waals surface area (Å²) in [6.45, 7) is 8.05. The molecule has 0 radical (unpaired) electrons. The summed E-state index contributed by atoms with van der Waals surface area (Å²) in [6, 6.07) is 0.276. The fraction of sp³-hybridized carbons (Fsp3) is 0.769. The first-order valence-electron chi connectivity index (χ1n) is 6.97. The van der Waals surface area contributed by atoms with Crippen LogP contribution in [0.3, 0.4) is 0 Å². The fourth-order valence-electron chi connectivity index (χ4n) is 2.02. The topological polar surface area (TPSA) is 66.0 Å². The first kappa shape index (κ1) is 16.9. The number of aromatic nitrogens is 3. The molecule has 0 aromatic carbocycles. The maximum Gasteiger partial charge on any atom is 0.229 e. The minimum atomic E-state index is 0.201. The predicted octanol–water partition coefficient (Wildman–Crippen LogP) is 2.34. The molecule has 0 aliphatic rings. The highest BCUT2D eigenvalue weighted by Gasteiger charge is 2.14. The van der Waals surface area contributed by atoms with Crippen molar-refractivity contribution in [2.45, 2.75) is 33.2 Å². The number of likely N-dealkylation sites (N-methyl/N-ethyl adjacent to an activating group) is 1. The van der Waals surface area contributed by atoms with Gasteiger partial charge in [-0.05, 0) is 45.0 Å². The molecule has 0 amide bonds. The van der Waals surface area contributed by atoms with Crippen molar-refractivity contribution in [1.82, 2.24) is 19.9 Å². The van der Waals surface area contributed by atoms with Crippen molar-refractivity contribution >= 4 is 23.5 Å². The van der Waals surface area contributed by atoms with E-state index in [2.05, 4.69) is 58.4 Å². The SMILES string of the molecule is CCNc1nc(Cl)nc(NC(CC(C)C)CN(C)C)n1. The van der Waals surface area contributed by atoms with Crippen LogP contribution in [0.15, 0.2) is 0 Å². The van der Waals surface area contributed by atoms with E-state index < -0.39 is 0 Å². The summed E-state index contributed by atoms with van der Waals surface area (Å²) in [5.74, 6) is 1.62. The zero-order valence-electron chi connectivity index (χ0n) is 12.9. The maximum atomic E-state index is 5.93. The molecule has 1 aromatic heterocycles. The quantitative estimate of drug-likeness (QED) is 0.768. The third kappa shape index (κ3) is 6.34. The number of rotatable bonds is 8. The monoisotopic (exact) mass is 300 g/mol. The molecule has 0 aliphatic heterocycles. The minimum Gasteiger partial charge on any atom is -0.354 e. The van der Waals surface area contributed by atoms with Crippen LogP contribution in [-0.4, -0.2) is 53.1 Å². The molecule has 1 rings (SSSR count). The molecule has 20 heavy (non-hydrogen) atoms. The van der Waals surface area contributed by atoms with Crippen molar-refractivity contribution in [2.75, 3.05) is 37.8 Å². The standard InChI is InChI=1S/C13H25ClN6/c1-6-15-12-17-11(14)18-13(19-12)16-10(7-9(2)3)8-20(4)5/h9-10H,6-8H2,1-5H3,(H2,15,16,17,18,19). The molecule has 0 aliphatic carbocycles. The van der Waals surface area contributed by atoms with E-state index in [1.165, 1.54) is 0 Å². The van der Waals surface area contributed by atoms with E-state index >= 15 is 0 Å². The Kier molecular flexibility index (Phi) is 6.95. The van der Waals surface area contributed by atoms with Crippen molar-refractivity contribution in [3.05, 3.63) is 5.28 Å². The molecular formula is C13H25ClN6. The molecule has 0 spiro atoms. The van der Waals surface area contributed by atoms with Gasteiger partial charge in [0, 0.05) is 19.1 Å². The van der Waals surface area contributed by atoms with Crippen molar-refractivity contribution in [1.29, 1.82) is 0 Å². The fourth-order valence-corrected chi connectivity index (χ4v) is 2.18. The Morgan fingerprint density at radius 1 is 1.15 bits per heavy atom. The highest BCUT2D eigenvalue weighted by Crippen LogP contribution is 2.14. The number of halogens is 1. The second-order valence-electron chi connectivity index (χ2n) is 5.52. The second kappa shape index (κ2) is 8.21. The van der Waals surface area contributed by atoms with Gasteiger partial charge in [0.05, 0.1) is 0 Å². The van der Waals surface area contributed by atoms with E-state index in [0.29, 0.717) is 17.8 Å². The van der Waals surface area contributed by atoms with Crippen LogP contribution in [0.2, 0.25) is 5.28 Å². The van der Waals surface area contributed by atoms with E-state index in [4.69, 9.17) is 11.6 Å². The van der Waals surface area contributed by atoms with Gasteiger partial charge in [0.25, 0.3) is 0 Å². The number of nitrogens with zero attached hydrogens (tertiary/aromatic N) is 4. The second-order valence-corrected chi connectivity index (χ2v) is 5.85. The first-order chi connectivity index (χ1) is 9.40. The van der Waals surface area contributed by atoms with Gasteiger partial charge in [-0.1, -0.05) is 13.8 Å². The zero-order valence-corrected chi connectivity index (χ0v) is 13.7. The smallest absolute Gasteiger partial charge is 0.229 e. The summed E-state index contributed by atoms with van der Waals surface area (Å²) in [5, 5.41) is 6.60. The minimum absolute atomic E-state index is 0.201. The van der Waals surface area contributed by atoms with Crippen LogP contribution in [0.4, 0.5) is 11.9 Å². The van der Waals surface area contributed by atoms with Crippen LogP contribution in [0.5, 0.6) is 0 Å². The summed E-state index contributed by atoms with van der Waals surface area (Å²) in [6.07, 6.45) is 1.04. The van der Waals surface area contributed by atoms with Gasteiger partial charge in [-0.25, -0.2) is 0 Å². The summed E-state index contributed by atoms with van der Waals surface area (Å²) >= 11 is 5.93. The van der Waals surface area contributed by atoms with Crippen LogP contribution in [0.25, 0.3) is 0 Å². The van der Waals surface area contributed by atoms with Crippen molar-refractivity contribution in [3.8, 4) is 0 Å². The van der Waals surface area contributed by atoms with Crippen molar-refractivity contribution in [3.63, 3.8) is 0 Å².